The molecule has 4 aromatic rings. The van der Waals surface area contributed by atoms with Crippen LogP contribution in [0.15, 0.2) is 73.1 Å². The maximum Gasteiger partial charge on any atom is 0.145 e. The number of ether oxygens (including phenoxy) is 3. The molecule has 2 aromatic heterocycles. The van der Waals surface area contributed by atoms with Gasteiger partial charge in [-0.25, -0.2) is 0 Å². The zero-order chi connectivity index (χ0) is 18.3. The van der Waals surface area contributed by atoms with Gasteiger partial charge in [0.05, 0.1) is 13.2 Å². The van der Waals surface area contributed by atoms with Crippen LogP contribution in [0.3, 0.4) is 0 Å². The molecule has 2 aromatic carbocycles. The molecule has 0 saturated heterocycles. The van der Waals surface area contributed by atoms with Crippen LogP contribution in [0.4, 0.5) is 0 Å². The number of fused-ring (bicyclic) bond motifs is 2. The Morgan fingerprint density at radius 2 is 1.04 bits per heavy atom. The first-order valence-corrected chi connectivity index (χ1v) is 8.93. The average molecular weight is 360 g/mol. The van der Waals surface area contributed by atoms with Gasteiger partial charge >= 0.3 is 0 Å². The molecule has 0 spiro atoms. The zero-order valence-electron chi connectivity index (χ0n) is 14.9. The summed E-state index contributed by atoms with van der Waals surface area (Å²) in [7, 11) is 0. The largest absolute Gasteiger partial charge is 0.489 e. The smallest absolute Gasteiger partial charge is 0.145 e. The van der Waals surface area contributed by atoms with E-state index >= 15 is 0 Å². The maximum absolute atomic E-state index is 5.80. The van der Waals surface area contributed by atoms with Crippen LogP contribution in [-0.4, -0.2) is 36.4 Å². The van der Waals surface area contributed by atoms with Gasteiger partial charge in [-0.05, 0) is 24.3 Å². The number of nitrogens with zero attached hydrogens (tertiary/aromatic N) is 2. The summed E-state index contributed by atoms with van der Waals surface area (Å²) in [6.45, 7) is 1.90. The fourth-order valence-electron chi connectivity index (χ4n) is 2.91. The van der Waals surface area contributed by atoms with E-state index in [1.165, 1.54) is 0 Å². The third kappa shape index (κ3) is 4.15. The fraction of sp³-hybridized carbons (Fsp3) is 0.182. The molecule has 4 rings (SSSR count). The van der Waals surface area contributed by atoms with Crippen LogP contribution in [0.5, 0.6) is 11.5 Å². The second-order valence-corrected chi connectivity index (χ2v) is 5.97. The summed E-state index contributed by atoms with van der Waals surface area (Å²) in [5.41, 5.74) is 1.73. The summed E-state index contributed by atoms with van der Waals surface area (Å²) in [5.74, 6) is 1.55. The Morgan fingerprint density at radius 1 is 0.556 bits per heavy atom. The SMILES string of the molecule is c1cnc2c(OCCOCCOc3cccc4cccnc34)cccc2c1. The number of rotatable bonds is 8. The molecule has 0 radical (unpaired) electrons. The van der Waals surface area contributed by atoms with Crippen LogP contribution in [0.1, 0.15) is 0 Å². The van der Waals surface area contributed by atoms with Crippen molar-refractivity contribution in [2.24, 2.45) is 0 Å². The van der Waals surface area contributed by atoms with E-state index in [0.29, 0.717) is 26.4 Å². The van der Waals surface area contributed by atoms with Crippen LogP contribution in [0, 0.1) is 0 Å². The molecule has 0 fully saturated rings. The van der Waals surface area contributed by atoms with E-state index in [0.717, 1.165) is 33.3 Å². The topological polar surface area (TPSA) is 53.5 Å². The monoisotopic (exact) mass is 360 g/mol. The second-order valence-electron chi connectivity index (χ2n) is 5.97. The number of benzene rings is 2. The molecule has 0 N–H and O–H groups in total. The summed E-state index contributed by atoms with van der Waals surface area (Å²) in [6, 6.07) is 19.7. The first-order chi connectivity index (χ1) is 13.4. The third-order valence-corrected chi connectivity index (χ3v) is 4.16. The van der Waals surface area contributed by atoms with E-state index in [1.54, 1.807) is 12.4 Å². The summed E-state index contributed by atoms with van der Waals surface area (Å²) in [5, 5.41) is 2.13. The van der Waals surface area contributed by atoms with E-state index in [9.17, 15) is 0 Å². The molecule has 0 saturated carbocycles. The highest BCUT2D eigenvalue weighted by Gasteiger charge is 2.04. The predicted molar refractivity (Wildman–Crippen MR) is 105 cm³/mol. The molecule has 5 nitrogen and oxygen atoms in total. The van der Waals surface area contributed by atoms with E-state index in [1.807, 2.05) is 60.7 Å². The first kappa shape index (κ1) is 17.2. The van der Waals surface area contributed by atoms with Crippen LogP contribution in [0.25, 0.3) is 21.8 Å². The van der Waals surface area contributed by atoms with Crippen molar-refractivity contribution >= 4 is 21.8 Å². The van der Waals surface area contributed by atoms with Gasteiger partial charge in [-0.1, -0.05) is 36.4 Å². The Morgan fingerprint density at radius 3 is 1.56 bits per heavy atom. The second kappa shape index (κ2) is 8.47. The molecule has 0 atom stereocenters. The van der Waals surface area contributed by atoms with Gasteiger partial charge in [-0.15, -0.1) is 0 Å². The van der Waals surface area contributed by atoms with Crippen molar-refractivity contribution in [3.8, 4) is 11.5 Å². The zero-order valence-corrected chi connectivity index (χ0v) is 14.9. The molecule has 27 heavy (non-hydrogen) atoms. The third-order valence-electron chi connectivity index (χ3n) is 4.16. The number of aromatic nitrogens is 2. The maximum atomic E-state index is 5.80. The van der Waals surface area contributed by atoms with Crippen molar-refractivity contribution in [1.82, 2.24) is 9.97 Å². The van der Waals surface area contributed by atoms with Gasteiger partial charge in [-0.2, -0.15) is 0 Å². The van der Waals surface area contributed by atoms with Crippen molar-refractivity contribution < 1.29 is 14.2 Å². The average Bonchev–Trinajstić information content (AvgIpc) is 2.73. The Bertz CT molecular complexity index is 942. The quantitative estimate of drug-likeness (QED) is 0.440. The lowest BCUT2D eigenvalue weighted by Crippen LogP contribution is -2.12. The van der Waals surface area contributed by atoms with Crippen LogP contribution >= 0.6 is 0 Å². The van der Waals surface area contributed by atoms with Crippen molar-refractivity contribution in [2.75, 3.05) is 26.4 Å². The molecule has 0 unspecified atom stereocenters. The fourth-order valence-corrected chi connectivity index (χ4v) is 2.91. The molecule has 136 valence electrons. The van der Waals surface area contributed by atoms with Crippen molar-refractivity contribution in [2.45, 2.75) is 0 Å². The highest BCUT2D eigenvalue weighted by molar-refractivity contribution is 5.84. The normalized spacial score (nSPS) is 11.0. The Hall–Kier alpha value is -3.18. The van der Waals surface area contributed by atoms with Gasteiger partial charge in [0.1, 0.15) is 35.7 Å². The Labute approximate surface area is 157 Å². The highest BCUT2D eigenvalue weighted by atomic mass is 16.5. The Balaban J connectivity index is 1.22. The van der Waals surface area contributed by atoms with Crippen molar-refractivity contribution in [3.05, 3.63) is 73.1 Å². The minimum absolute atomic E-state index is 0.464. The molecule has 0 bridgehead atoms. The predicted octanol–water partition coefficient (Wildman–Crippen LogP) is 4.26. The molecular formula is C22H20N2O3. The molecule has 0 aliphatic rings. The van der Waals surface area contributed by atoms with E-state index in [2.05, 4.69) is 9.97 Å². The lowest BCUT2D eigenvalue weighted by molar-refractivity contribution is 0.0770. The molecular weight excluding hydrogens is 340 g/mol. The molecule has 0 aliphatic heterocycles. The molecule has 0 amide bonds. The molecule has 2 heterocycles. The van der Waals surface area contributed by atoms with Crippen LogP contribution < -0.4 is 9.47 Å². The van der Waals surface area contributed by atoms with Gasteiger partial charge in [0.2, 0.25) is 0 Å². The highest BCUT2D eigenvalue weighted by Crippen LogP contribution is 2.23. The minimum Gasteiger partial charge on any atom is -0.489 e. The van der Waals surface area contributed by atoms with Crippen LogP contribution in [-0.2, 0) is 4.74 Å². The summed E-state index contributed by atoms with van der Waals surface area (Å²) >= 11 is 0. The number of hydrogen-bond acceptors (Lipinski definition) is 5. The summed E-state index contributed by atoms with van der Waals surface area (Å²) in [4.78, 5) is 8.75. The minimum atomic E-state index is 0.464. The summed E-state index contributed by atoms with van der Waals surface area (Å²) in [6.07, 6.45) is 3.54. The van der Waals surface area contributed by atoms with E-state index < -0.39 is 0 Å². The Kier molecular flexibility index (Phi) is 5.41. The standard InChI is InChI=1S/C22H20N2O3/c1-5-17-7-3-11-23-21(17)19(9-1)26-15-13-25-14-16-27-20-10-2-6-18-8-4-12-24-22(18)20/h1-12H,13-16H2. The number of pyridine rings is 2. The summed E-state index contributed by atoms with van der Waals surface area (Å²) < 4.78 is 17.2. The lowest BCUT2D eigenvalue weighted by Gasteiger charge is -2.10. The van der Waals surface area contributed by atoms with Gasteiger partial charge < -0.3 is 14.2 Å². The molecule has 5 heteroatoms. The van der Waals surface area contributed by atoms with Crippen molar-refractivity contribution in [1.29, 1.82) is 0 Å². The molecule has 0 aliphatic carbocycles. The number of hydrogen-bond donors (Lipinski definition) is 0. The van der Waals surface area contributed by atoms with Gasteiger partial charge in [0, 0.05) is 23.2 Å². The number of para-hydroxylation sites is 2. The van der Waals surface area contributed by atoms with Gasteiger partial charge in [-0.3, -0.25) is 9.97 Å². The first-order valence-electron chi connectivity index (χ1n) is 8.93. The van der Waals surface area contributed by atoms with E-state index in [-0.39, 0.29) is 0 Å². The van der Waals surface area contributed by atoms with Crippen LogP contribution in [0.2, 0.25) is 0 Å². The van der Waals surface area contributed by atoms with Gasteiger partial charge in [0.25, 0.3) is 0 Å². The van der Waals surface area contributed by atoms with E-state index in [4.69, 9.17) is 14.2 Å². The van der Waals surface area contributed by atoms with Gasteiger partial charge in [0.15, 0.2) is 0 Å². The van der Waals surface area contributed by atoms with Crippen molar-refractivity contribution in [3.63, 3.8) is 0 Å². The lowest BCUT2D eigenvalue weighted by atomic mass is 10.2.